The first-order chi connectivity index (χ1) is 46.8. The van der Waals surface area contributed by atoms with E-state index in [1.165, 1.54) is 90.1 Å². The molecule has 28 heteroatoms. The fourth-order valence-electron chi connectivity index (χ4n) is 11.4. The summed E-state index contributed by atoms with van der Waals surface area (Å²) in [5.74, 6) is -1.51. The lowest BCUT2D eigenvalue weighted by molar-refractivity contribution is -0.379. The first kappa shape index (κ1) is 88.1. The van der Waals surface area contributed by atoms with E-state index in [-0.39, 0.29) is 83.4 Å². The number of aliphatic hydroxyl groups is 10. The molecule has 3 aliphatic heterocycles. The summed E-state index contributed by atoms with van der Waals surface area (Å²) < 4.78 is 69.1. The molecule has 3 fully saturated rings. The zero-order valence-corrected chi connectivity index (χ0v) is 59.2. The number of hydrogen-bond acceptors (Lipinski definition) is 25. The largest absolute Gasteiger partial charge is 0.462 e. The third kappa shape index (κ3) is 37.6. The Balaban J connectivity index is 1.32. The van der Waals surface area contributed by atoms with Gasteiger partial charge in [0.15, 0.2) is 25.0 Å². The van der Waals surface area contributed by atoms with E-state index in [0.29, 0.717) is 25.7 Å². The number of ether oxygens (including phenoxy) is 8. The minimum atomic E-state index is -3.72. The standard InChI is InChI=1S/C69H125N2O25P/c1-4-6-8-10-12-14-16-18-20-22-24-26-28-30-32-39-56(77)88-48-50(91-57(78)40-33-31-29-27-25-23-21-19-17-15-13-11-9-7-5-2)49-90-97(3,86)89-44-42-71-55(76)38-35-34-37-54(75)70-41-36-43-87-67-63(84)60(81)65(52(46-73)93-67)96-69-64(85)61(82)66(53(47-74)94-69)95-68-62(83)59(80)58(79)51(45-72)92-68/h19-22,50-53,58-69,72-74,79-85H,4-18,23-49H2,1-3H3,(H,70,75)(H,71,76)/t50-,51?,52?,53?,58+,59+,60-,61-,62?,63?,64?,65+,66+,67-,68+,69+,97?/m1/s1. The minimum Gasteiger partial charge on any atom is -0.462 e. The van der Waals surface area contributed by atoms with E-state index in [9.17, 15) is 74.8 Å². The SMILES string of the molecule is CCCCCCCCC=CCCCCCCCC(=O)O[C@H](COC(=O)CCCCCCC=CCCCCCCCCC)COP(C)(=O)OCCNC(=O)CCCCC(=O)NCCCO[C@@H]1OC(CO)[C@H](O[C@@H]2OC(CO)[C@H](O[C@@H]3OC(CO)[C@H](O)[C@H](O)C3O)[C@H](O)C2O)[C@H](O)C1O. The predicted octanol–water partition coefficient (Wildman–Crippen LogP) is 6.02. The van der Waals surface area contributed by atoms with Gasteiger partial charge in [-0.25, -0.2) is 0 Å². The molecule has 3 rings (SSSR count). The molecule has 0 aliphatic carbocycles. The summed E-state index contributed by atoms with van der Waals surface area (Å²) in [5, 5.41) is 110. The molecule has 0 bridgehead atoms. The van der Waals surface area contributed by atoms with Crippen molar-refractivity contribution in [2.75, 3.05) is 66.0 Å². The summed E-state index contributed by atoms with van der Waals surface area (Å²) in [6.45, 7) is 2.59. The van der Waals surface area contributed by atoms with Crippen LogP contribution < -0.4 is 10.6 Å². The van der Waals surface area contributed by atoms with E-state index < -0.39 is 138 Å². The van der Waals surface area contributed by atoms with Crippen LogP contribution in [0.25, 0.3) is 0 Å². The van der Waals surface area contributed by atoms with E-state index in [1.807, 2.05) is 0 Å². The van der Waals surface area contributed by atoms with Gasteiger partial charge in [-0.15, -0.1) is 0 Å². The first-order valence-corrected chi connectivity index (χ1v) is 38.3. The molecule has 0 aromatic rings. The van der Waals surface area contributed by atoms with Crippen molar-refractivity contribution in [1.29, 1.82) is 0 Å². The van der Waals surface area contributed by atoms with Gasteiger partial charge in [0, 0.05) is 45.4 Å². The highest BCUT2D eigenvalue weighted by atomic mass is 31.2. The number of carbonyl (C=O) groups excluding carboxylic acids is 4. The number of hydrogen-bond donors (Lipinski definition) is 12. The number of amides is 2. The van der Waals surface area contributed by atoms with Crippen LogP contribution in [0.2, 0.25) is 0 Å². The van der Waals surface area contributed by atoms with Crippen molar-refractivity contribution in [3.63, 3.8) is 0 Å². The molecule has 566 valence electrons. The Morgan fingerprint density at radius 1 is 0.433 bits per heavy atom. The molecular weight excluding hydrogens is 1290 g/mol. The van der Waals surface area contributed by atoms with Crippen molar-refractivity contribution in [2.24, 2.45) is 0 Å². The van der Waals surface area contributed by atoms with Gasteiger partial charge in [0.25, 0.3) is 0 Å². The number of rotatable bonds is 57. The van der Waals surface area contributed by atoms with Gasteiger partial charge in [0.1, 0.15) is 79.9 Å². The van der Waals surface area contributed by atoms with Gasteiger partial charge in [-0.2, -0.15) is 0 Å². The Morgan fingerprint density at radius 3 is 1.32 bits per heavy atom. The molecule has 3 heterocycles. The Hall–Kier alpha value is -3.13. The molecule has 0 aromatic carbocycles. The number of esters is 2. The van der Waals surface area contributed by atoms with E-state index >= 15 is 0 Å². The van der Waals surface area contributed by atoms with Crippen LogP contribution in [0.3, 0.4) is 0 Å². The van der Waals surface area contributed by atoms with E-state index in [0.717, 1.165) is 70.6 Å². The number of nitrogens with one attached hydrogen (secondary N) is 2. The van der Waals surface area contributed by atoms with Gasteiger partial charge < -0.3 is 109 Å². The van der Waals surface area contributed by atoms with E-state index in [4.69, 9.17) is 46.9 Å². The molecule has 3 saturated heterocycles. The highest BCUT2D eigenvalue weighted by Crippen LogP contribution is 2.44. The second-order valence-corrected chi connectivity index (χ2v) is 27.9. The Bertz CT molecular complexity index is 2160. The third-order valence-corrected chi connectivity index (χ3v) is 18.6. The maximum atomic E-state index is 13.3. The van der Waals surface area contributed by atoms with Crippen molar-refractivity contribution >= 4 is 31.3 Å². The maximum Gasteiger partial charge on any atom is 0.327 e. The molecule has 27 nitrogen and oxygen atoms in total. The van der Waals surface area contributed by atoms with E-state index in [1.54, 1.807) is 0 Å². The van der Waals surface area contributed by atoms with E-state index in [2.05, 4.69) is 48.8 Å². The Kier molecular flexibility index (Phi) is 48.7. The van der Waals surface area contributed by atoms with Crippen LogP contribution >= 0.6 is 7.60 Å². The average molecular weight is 1410 g/mol. The molecule has 0 aromatic heterocycles. The smallest absolute Gasteiger partial charge is 0.327 e. The number of allylic oxidation sites excluding steroid dienone is 4. The summed E-state index contributed by atoms with van der Waals surface area (Å²) in [7, 11) is -3.72. The van der Waals surface area contributed by atoms with Crippen LogP contribution in [0.5, 0.6) is 0 Å². The summed E-state index contributed by atoms with van der Waals surface area (Å²) in [6.07, 6.45) is 13.7. The number of unbranched alkanes of at least 4 members (excludes halogenated alkanes) is 23. The molecule has 7 unspecified atom stereocenters. The lowest BCUT2D eigenvalue weighted by Crippen LogP contribution is -2.66. The van der Waals surface area contributed by atoms with Crippen molar-refractivity contribution in [3.05, 3.63) is 24.3 Å². The maximum absolute atomic E-state index is 13.3. The Morgan fingerprint density at radius 2 is 0.835 bits per heavy atom. The molecule has 12 N–H and O–H groups in total. The van der Waals surface area contributed by atoms with Crippen molar-refractivity contribution < 1.29 is 122 Å². The summed E-state index contributed by atoms with van der Waals surface area (Å²) in [4.78, 5) is 50.9. The molecule has 97 heavy (non-hydrogen) atoms. The van der Waals surface area contributed by atoms with Gasteiger partial charge in [0.05, 0.1) is 39.6 Å². The fraction of sp³-hybridized carbons (Fsp3) is 0.884. The normalized spacial score (nSPS) is 27.0. The zero-order valence-electron chi connectivity index (χ0n) is 58.3. The lowest BCUT2D eigenvalue weighted by atomic mass is 9.96. The zero-order chi connectivity index (χ0) is 71.1. The minimum absolute atomic E-state index is 0.00986. The second kappa shape index (κ2) is 53.7. The highest BCUT2D eigenvalue weighted by Gasteiger charge is 2.53. The molecular formula is C69H125N2O25P. The van der Waals surface area contributed by atoms with Gasteiger partial charge in [-0.3, -0.25) is 23.7 Å². The van der Waals surface area contributed by atoms with Crippen molar-refractivity contribution in [3.8, 4) is 0 Å². The molecule has 17 atom stereocenters. The monoisotopic (exact) mass is 1410 g/mol. The molecule has 0 radical (unpaired) electrons. The average Bonchev–Trinajstić information content (AvgIpc) is 0.784. The van der Waals surface area contributed by atoms with Gasteiger partial charge in [-0.05, 0) is 83.5 Å². The predicted molar refractivity (Wildman–Crippen MR) is 359 cm³/mol. The summed E-state index contributed by atoms with van der Waals surface area (Å²) in [6, 6.07) is 0. The van der Waals surface area contributed by atoms with Crippen molar-refractivity contribution in [2.45, 2.75) is 324 Å². The van der Waals surface area contributed by atoms with Crippen molar-refractivity contribution in [1.82, 2.24) is 10.6 Å². The fourth-order valence-corrected chi connectivity index (χ4v) is 12.3. The topological polar surface area (TPSA) is 404 Å². The van der Waals surface area contributed by atoms with Gasteiger partial charge in [-0.1, -0.05) is 141 Å². The lowest BCUT2D eigenvalue weighted by Gasteiger charge is -2.48. The van der Waals surface area contributed by atoms with Crippen LogP contribution in [0.15, 0.2) is 24.3 Å². The van der Waals surface area contributed by atoms with Gasteiger partial charge >= 0.3 is 19.5 Å². The summed E-state index contributed by atoms with van der Waals surface area (Å²) >= 11 is 0. The molecule has 3 aliphatic rings. The summed E-state index contributed by atoms with van der Waals surface area (Å²) in [5.41, 5.74) is 0. The van der Waals surface area contributed by atoms with Crippen LogP contribution in [0, 0.1) is 0 Å². The van der Waals surface area contributed by atoms with Crippen LogP contribution in [-0.2, 0) is 70.7 Å². The van der Waals surface area contributed by atoms with Crippen LogP contribution in [0.1, 0.15) is 226 Å². The molecule has 0 spiro atoms. The molecule has 2 amide bonds. The second-order valence-electron chi connectivity index (χ2n) is 25.8. The quantitative estimate of drug-likeness (QED) is 0.0143. The molecule has 0 saturated carbocycles. The number of aliphatic hydroxyl groups excluding tert-OH is 10. The van der Waals surface area contributed by atoms with Gasteiger partial charge in [0.2, 0.25) is 11.8 Å². The van der Waals surface area contributed by atoms with Crippen LogP contribution in [-0.4, -0.2) is 239 Å². The highest BCUT2D eigenvalue weighted by molar-refractivity contribution is 7.52. The third-order valence-electron chi connectivity index (χ3n) is 17.3. The number of carbonyl (C=O) groups is 4. The van der Waals surface area contributed by atoms with Crippen LogP contribution in [0.4, 0.5) is 0 Å². The first-order valence-electron chi connectivity index (χ1n) is 36.3. The Labute approximate surface area is 575 Å².